The normalized spacial score (nSPS) is 26.8. The molecule has 12 nitrogen and oxygen atoms in total. The number of hydrogen-bond donors (Lipinski definition) is 2. The molecule has 0 bridgehead atoms. The molecule has 4 aliphatic rings. The standard InChI is InChI=1S/C36H45ClFN7O5/c1-21-16-24-23(17-39-43-24)26(28(21)37)30-29(38)31-27(33(40-30)47-3)32(44-12-15-49-19-35(2,46)18-44)42-34(41-31)50-20-36-9-4-6-25(36)45(11-5-10-36)22-7-13-48-14-8-22/h16-17,22,25,46H,4-15,18-20H2,1-3H3,(H,39,43)/t25-,35+,36-/m1/s1. The van der Waals surface area contributed by atoms with Gasteiger partial charge in [-0.15, -0.1) is 0 Å². The maximum absolute atomic E-state index is 17.2. The highest BCUT2D eigenvalue weighted by Crippen LogP contribution is 2.50. The van der Waals surface area contributed by atoms with Gasteiger partial charge in [0.1, 0.15) is 28.0 Å². The van der Waals surface area contributed by atoms with Gasteiger partial charge in [0.05, 0.1) is 50.2 Å². The summed E-state index contributed by atoms with van der Waals surface area (Å²) >= 11 is 6.86. The number of anilines is 1. The Labute approximate surface area is 295 Å². The number of ether oxygens (including phenoxy) is 4. The Morgan fingerprint density at radius 2 is 1.92 bits per heavy atom. The largest absolute Gasteiger partial charge is 0.480 e. The number of fused-ring (bicyclic) bond motifs is 3. The number of H-pyrrole nitrogens is 1. The van der Waals surface area contributed by atoms with Gasteiger partial charge < -0.3 is 29.0 Å². The van der Waals surface area contributed by atoms with E-state index in [1.54, 1.807) is 13.1 Å². The first-order valence-corrected chi connectivity index (χ1v) is 18.1. The Hall–Kier alpha value is -3.36. The fraction of sp³-hybridized carbons (Fsp3) is 0.611. The van der Waals surface area contributed by atoms with Crippen molar-refractivity contribution >= 4 is 39.2 Å². The third-order valence-corrected chi connectivity index (χ3v) is 11.7. The average molecular weight is 710 g/mol. The highest BCUT2D eigenvalue weighted by atomic mass is 35.5. The van der Waals surface area contributed by atoms with Gasteiger partial charge in [0.2, 0.25) is 5.88 Å². The van der Waals surface area contributed by atoms with E-state index in [1.807, 2.05) is 17.9 Å². The van der Waals surface area contributed by atoms with Crippen molar-refractivity contribution in [2.75, 3.05) is 64.7 Å². The van der Waals surface area contributed by atoms with E-state index in [4.69, 9.17) is 45.5 Å². The number of aliphatic hydroxyl groups is 1. The zero-order valence-corrected chi connectivity index (χ0v) is 29.7. The molecule has 3 saturated heterocycles. The number of halogens is 2. The van der Waals surface area contributed by atoms with Crippen LogP contribution in [0.1, 0.15) is 57.4 Å². The average Bonchev–Trinajstić information content (AvgIpc) is 3.72. The van der Waals surface area contributed by atoms with Crippen molar-refractivity contribution in [2.45, 2.75) is 76.5 Å². The van der Waals surface area contributed by atoms with E-state index >= 15 is 4.39 Å². The fourth-order valence-electron chi connectivity index (χ4n) is 8.93. The molecule has 0 spiro atoms. The first-order valence-electron chi connectivity index (χ1n) is 17.8. The predicted octanol–water partition coefficient (Wildman–Crippen LogP) is 5.46. The quantitative estimate of drug-likeness (QED) is 0.254. The number of pyridine rings is 1. The van der Waals surface area contributed by atoms with Crippen LogP contribution in [0.15, 0.2) is 12.3 Å². The van der Waals surface area contributed by atoms with Crippen LogP contribution in [0.5, 0.6) is 11.9 Å². The Balaban J connectivity index is 1.24. The van der Waals surface area contributed by atoms with Crippen LogP contribution in [0.25, 0.3) is 33.1 Å². The summed E-state index contributed by atoms with van der Waals surface area (Å²) < 4.78 is 41.1. The number of rotatable bonds is 7. The van der Waals surface area contributed by atoms with E-state index < -0.39 is 11.4 Å². The molecule has 0 radical (unpaired) electrons. The lowest BCUT2D eigenvalue weighted by Crippen LogP contribution is -2.56. The lowest BCUT2D eigenvalue weighted by Gasteiger charge is -2.50. The van der Waals surface area contributed by atoms with Crippen LogP contribution in [-0.2, 0) is 9.47 Å². The molecular formula is C36H45ClFN7O5. The zero-order chi connectivity index (χ0) is 34.6. The molecule has 1 aliphatic carbocycles. The Bertz CT molecular complexity index is 1900. The van der Waals surface area contributed by atoms with Crippen LogP contribution in [-0.4, -0.2) is 113 Å². The number of piperidine rings is 1. The molecule has 2 N–H and O–H groups in total. The summed E-state index contributed by atoms with van der Waals surface area (Å²) in [7, 11) is 1.48. The molecule has 1 saturated carbocycles. The third kappa shape index (κ3) is 5.94. The molecule has 4 aromatic rings. The molecule has 3 aromatic heterocycles. The summed E-state index contributed by atoms with van der Waals surface area (Å²) in [4.78, 5) is 19.0. The van der Waals surface area contributed by atoms with Gasteiger partial charge in [-0.05, 0) is 70.5 Å². The SMILES string of the molecule is COc1nc(-c2c(Cl)c(C)cc3[nH]ncc23)c(F)c2nc(OC[C@]34CCC[C@H]3N(C3CCOCC3)CCC4)nc(N3CCOC[C@@](C)(O)C3)c12. The Morgan fingerprint density at radius 3 is 2.74 bits per heavy atom. The smallest absolute Gasteiger partial charge is 0.319 e. The minimum absolute atomic E-state index is 0.00109. The molecule has 50 heavy (non-hydrogen) atoms. The van der Waals surface area contributed by atoms with Gasteiger partial charge in [-0.3, -0.25) is 10.00 Å². The maximum Gasteiger partial charge on any atom is 0.319 e. The van der Waals surface area contributed by atoms with Gasteiger partial charge in [0.25, 0.3) is 0 Å². The van der Waals surface area contributed by atoms with Crippen molar-refractivity contribution < 1.29 is 28.4 Å². The van der Waals surface area contributed by atoms with Gasteiger partial charge in [0.15, 0.2) is 5.82 Å². The minimum Gasteiger partial charge on any atom is -0.480 e. The Morgan fingerprint density at radius 1 is 1.10 bits per heavy atom. The van der Waals surface area contributed by atoms with Gasteiger partial charge in [-0.1, -0.05) is 18.0 Å². The van der Waals surface area contributed by atoms with E-state index in [9.17, 15) is 5.11 Å². The monoisotopic (exact) mass is 709 g/mol. The first-order chi connectivity index (χ1) is 24.2. The van der Waals surface area contributed by atoms with E-state index in [0.29, 0.717) is 59.1 Å². The zero-order valence-electron chi connectivity index (χ0n) is 28.9. The number of hydrogen-bond acceptors (Lipinski definition) is 11. The summed E-state index contributed by atoms with van der Waals surface area (Å²) in [5.41, 5.74) is 0.603. The number of β-amino-alcohol motifs (C(OH)–C–C–N with tert-alkyl or cyclic N) is 1. The number of benzene rings is 1. The molecule has 3 aliphatic heterocycles. The van der Waals surface area contributed by atoms with Gasteiger partial charge in [0, 0.05) is 48.2 Å². The van der Waals surface area contributed by atoms with Crippen molar-refractivity contribution in [3.8, 4) is 23.1 Å². The Kier molecular flexibility index (Phi) is 8.99. The number of nitrogens with one attached hydrogen (secondary N) is 1. The second-order valence-corrected chi connectivity index (χ2v) is 15.1. The van der Waals surface area contributed by atoms with Crippen LogP contribution in [0.3, 0.4) is 0 Å². The summed E-state index contributed by atoms with van der Waals surface area (Å²) in [5, 5.41) is 19.6. The van der Waals surface area contributed by atoms with Crippen LogP contribution < -0.4 is 14.4 Å². The highest BCUT2D eigenvalue weighted by molar-refractivity contribution is 6.35. The molecule has 14 heteroatoms. The summed E-state index contributed by atoms with van der Waals surface area (Å²) in [6.45, 7) is 7.81. The number of likely N-dealkylation sites (tertiary alicyclic amines) is 1. The predicted molar refractivity (Wildman–Crippen MR) is 188 cm³/mol. The van der Waals surface area contributed by atoms with E-state index in [2.05, 4.69) is 15.1 Å². The fourth-order valence-corrected chi connectivity index (χ4v) is 9.17. The molecule has 4 fully saturated rings. The van der Waals surface area contributed by atoms with Crippen molar-refractivity contribution in [3.63, 3.8) is 0 Å². The number of aryl methyl sites for hydroxylation is 1. The van der Waals surface area contributed by atoms with Gasteiger partial charge >= 0.3 is 6.01 Å². The summed E-state index contributed by atoms with van der Waals surface area (Å²) in [6, 6.07) is 2.87. The topological polar surface area (TPSA) is 131 Å². The molecule has 268 valence electrons. The lowest BCUT2D eigenvalue weighted by atomic mass is 9.74. The summed E-state index contributed by atoms with van der Waals surface area (Å²) in [6.07, 6.45) is 9.22. The maximum atomic E-state index is 17.2. The molecular weight excluding hydrogens is 665 g/mol. The van der Waals surface area contributed by atoms with Crippen LogP contribution in [0.4, 0.5) is 10.2 Å². The highest BCUT2D eigenvalue weighted by Gasteiger charge is 2.50. The molecule has 8 rings (SSSR count). The van der Waals surface area contributed by atoms with E-state index in [-0.39, 0.29) is 47.1 Å². The van der Waals surface area contributed by atoms with E-state index in [1.165, 1.54) is 7.11 Å². The van der Waals surface area contributed by atoms with Crippen molar-refractivity contribution in [1.29, 1.82) is 0 Å². The third-order valence-electron chi connectivity index (χ3n) is 11.3. The minimum atomic E-state index is -1.18. The molecule has 3 atom stereocenters. The van der Waals surface area contributed by atoms with Crippen LogP contribution in [0.2, 0.25) is 5.02 Å². The van der Waals surface area contributed by atoms with Crippen molar-refractivity contribution in [2.24, 2.45) is 5.41 Å². The number of methoxy groups -OCH3 is 1. The van der Waals surface area contributed by atoms with E-state index in [0.717, 1.165) is 70.3 Å². The van der Waals surface area contributed by atoms with Gasteiger partial charge in [-0.25, -0.2) is 9.37 Å². The van der Waals surface area contributed by atoms with Crippen molar-refractivity contribution in [1.82, 2.24) is 30.0 Å². The lowest BCUT2D eigenvalue weighted by molar-refractivity contribution is -0.0511. The summed E-state index contributed by atoms with van der Waals surface area (Å²) in [5.74, 6) is -0.185. The second-order valence-electron chi connectivity index (χ2n) is 14.8. The van der Waals surface area contributed by atoms with Gasteiger partial charge in [-0.2, -0.15) is 15.1 Å². The molecule has 6 heterocycles. The molecule has 0 unspecified atom stereocenters. The number of nitrogens with zero attached hydrogens (tertiary/aromatic N) is 6. The first kappa shape index (κ1) is 33.8. The molecule has 1 aromatic carbocycles. The number of aromatic nitrogens is 5. The van der Waals surface area contributed by atoms with Crippen LogP contribution in [0, 0.1) is 18.2 Å². The van der Waals surface area contributed by atoms with Crippen LogP contribution >= 0.6 is 11.6 Å². The molecule has 0 amide bonds. The number of aromatic amines is 1. The van der Waals surface area contributed by atoms with Crippen molar-refractivity contribution in [3.05, 3.63) is 28.7 Å². The second kappa shape index (κ2) is 13.3.